The van der Waals surface area contributed by atoms with Crippen LogP contribution < -0.4 is 0 Å². The van der Waals surface area contributed by atoms with Gasteiger partial charge in [-0.05, 0) is 19.3 Å². The largest absolute Gasteiger partial charge is 0.481 e. The summed E-state index contributed by atoms with van der Waals surface area (Å²) in [7, 11) is 0. The summed E-state index contributed by atoms with van der Waals surface area (Å²) in [6.07, 6.45) is 9.29. The van der Waals surface area contributed by atoms with Crippen LogP contribution in [-0.4, -0.2) is 11.1 Å². The summed E-state index contributed by atoms with van der Waals surface area (Å²) < 4.78 is 0. The molecule has 0 rings (SSSR count). The standard InChI is InChI=1S/C14H28O2/c1-4-7-9-10-12-14(6-3,13(15)16)11-8-5-2/h4-12H2,1-3H3,(H,15,16)/t14-/m1/s1. The molecule has 1 atom stereocenters. The van der Waals surface area contributed by atoms with E-state index in [0.717, 1.165) is 38.5 Å². The Morgan fingerprint density at radius 3 is 1.94 bits per heavy atom. The minimum atomic E-state index is -0.583. The van der Waals surface area contributed by atoms with Gasteiger partial charge in [0, 0.05) is 0 Å². The number of hydrogen-bond donors (Lipinski definition) is 1. The molecule has 2 nitrogen and oxygen atoms in total. The van der Waals surface area contributed by atoms with Crippen LogP contribution in [0.4, 0.5) is 0 Å². The quantitative estimate of drug-likeness (QED) is 0.554. The molecular formula is C14H28O2. The summed E-state index contributed by atoms with van der Waals surface area (Å²) in [5.74, 6) is -0.583. The maximum atomic E-state index is 11.4. The maximum absolute atomic E-state index is 11.4. The minimum Gasteiger partial charge on any atom is -0.481 e. The van der Waals surface area contributed by atoms with Gasteiger partial charge in [-0.15, -0.1) is 0 Å². The number of aliphatic carboxylic acids is 1. The van der Waals surface area contributed by atoms with E-state index >= 15 is 0 Å². The fraction of sp³-hybridized carbons (Fsp3) is 0.929. The Kier molecular flexibility index (Phi) is 8.32. The van der Waals surface area contributed by atoms with Crippen LogP contribution in [0, 0.1) is 5.41 Å². The lowest BCUT2D eigenvalue weighted by Gasteiger charge is -2.28. The second-order valence-electron chi connectivity index (χ2n) is 4.85. The van der Waals surface area contributed by atoms with Crippen molar-refractivity contribution < 1.29 is 9.90 Å². The zero-order valence-corrected chi connectivity index (χ0v) is 11.2. The summed E-state index contributed by atoms with van der Waals surface area (Å²) in [6.45, 7) is 6.32. The molecule has 0 aromatic heterocycles. The zero-order valence-electron chi connectivity index (χ0n) is 11.2. The van der Waals surface area contributed by atoms with Crippen LogP contribution in [-0.2, 0) is 4.79 Å². The average molecular weight is 228 g/mol. The third kappa shape index (κ3) is 5.00. The van der Waals surface area contributed by atoms with Gasteiger partial charge in [0.15, 0.2) is 0 Å². The van der Waals surface area contributed by atoms with E-state index in [1.807, 2.05) is 6.92 Å². The molecule has 96 valence electrons. The first-order valence-corrected chi connectivity index (χ1v) is 6.86. The molecule has 0 unspecified atom stereocenters. The van der Waals surface area contributed by atoms with Gasteiger partial charge in [0.1, 0.15) is 0 Å². The van der Waals surface area contributed by atoms with Gasteiger partial charge in [-0.25, -0.2) is 0 Å². The molecule has 0 aromatic carbocycles. The van der Waals surface area contributed by atoms with Gasteiger partial charge in [-0.1, -0.05) is 59.3 Å². The lowest BCUT2D eigenvalue weighted by atomic mass is 9.76. The molecule has 0 aliphatic rings. The molecular weight excluding hydrogens is 200 g/mol. The predicted molar refractivity (Wildman–Crippen MR) is 68.6 cm³/mol. The average Bonchev–Trinajstić information content (AvgIpc) is 2.28. The first kappa shape index (κ1) is 15.5. The van der Waals surface area contributed by atoms with Crippen LogP contribution >= 0.6 is 0 Å². The van der Waals surface area contributed by atoms with Gasteiger partial charge in [-0.2, -0.15) is 0 Å². The van der Waals surface area contributed by atoms with Crippen LogP contribution in [0.1, 0.15) is 78.6 Å². The Labute approximate surface area is 100 Å². The van der Waals surface area contributed by atoms with Gasteiger partial charge in [-0.3, -0.25) is 4.79 Å². The predicted octanol–water partition coefficient (Wildman–Crippen LogP) is 4.63. The van der Waals surface area contributed by atoms with E-state index in [2.05, 4.69) is 13.8 Å². The van der Waals surface area contributed by atoms with Crippen molar-refractivity contribution in [3.05, 3.63) is 0 Å². The molecule has 0 fully saturated rings. The molecule has 0 aliphatic heterocycles. The van der Waals surface area contributed by atoms with Crippen molar-refractivity contribution in [1.82, 2.24) is 0 Å². The third-order valence-electron chi connectivity index (χ3n) is 3.65. The fourth-order valence-electron chi connectivity index (χ4n) is 2.25. The van der Waals surface area contributed by atoms with E-state index in [-0.39, 0.29) is 0 Å². The second-order valence-corrected chi connectivity index (χ2v) is 4.85. The second kappa shape index (κ2) is 8.60. The topological polar surface area (TPSA) is 37.3 Å². The highest BCUT2D eigenvalue weighted by Gasteiger charge is 2.34. The summed E-state index contributed by atoms with van der Waals surface area (Å²) in [5, 5.41) is 9.41. The number of hydrogen-bond acceptors (Lipinski definition) is 1. The number of rotatable bonds is 10. The molecule has 0 saturated heterocycles. The highest BCUT2D eigenvalue weighted by Crippen LogP contribution is 2.35. The molecule has 0 radical (unpaired) electrons. The Bertz CT molecular complexity index is 189. The van der Waals surface area contributed by atoms with Gasteiger partial charge in [0.05, 0.1) is 5.41 Å². The SMILES string of the molecule is CCCCCC[C@@](CC)(CCCC)C(=O)O. The zero-order chi connectivity index (χ0) is 12.4. The van der Waals surface area contributed by atoms with Crippen LogP contribution in [0.5, 0.6) is 0 Å². The Hall–Kier alpha value is -0.530. The van der Waals surface area contributed by atoms with Crippen molar-refractivity contribution in [2.75, 3.05) is 0 Å². The summed E-state index contributed by atoms with van der Waals surface area (Å²) in [4.78, 5) is 11.4. The van der Waals surface area contributed by atoms with Crippen molar-refractivity contribution >= 4 is 5.97 Å². The Morgan fingerprint density at radius 1 is 0.938 bits per heavy atom. The van der Waals surface area contributed by atoms with E-state index in [4.69, 9.17) is 0 Å². The molecule has 0 amide bonds. The molecule has 2 heteroatoms. The number of carbonyl (C=O) groups is 1. The molecule has 0 heterocycles. The minimum absolute atomic E-state index is 0.441. The van der Waals surface area contributed by atoms with Crippen molar-refractivity contribution in [2.24, 2.45) is 5.41 Å². The molecule has 16 heavy (non-hydrogen) atoms. The van der Waals surface area contributed by atoms with Crippen molar-refractivity contribution in [3.63, 3.8) is 0 Å². The van der Waals surface area contributed by atoms with E-state index in [1.54, 1.807) is 0 Å². The highest BCUT2D eigenvalue weighted by molar-refractivity contribution is 5.74. The van der Waals surface area contributed by atoms with Crippen LogP contribution in [0.2, 0.25) is 0 Å². The number of carboxylic acid groups (broad SMARTS) is 1. The molecule has 0 aromatic rings. The van der Waals surface area contributed by atoms with Crippen LogP contribution in [0.15, 0.2) is 0 Å². The van der Waals surface area contributed by atoms with Gasteiger partial charge in [0.2, 0.25) is 0 Å². The molecule has 0 bridgehead atoms. The highest BCUT2D eigenvalue weighted by atomic mass is 16.4. The van der Waals surface area contributed by atoms with E-state index in [0.29, 0.717) is 0 Å². The normalized spacial score (nSPS) is 14.7. The first-order valence-electron chi connectivity index (χ1n) is 6.86. The molecule has 0 spiro atoms. The van der Waals surface area contributed by atoms with E-state index in [9.17, 15) is 9.90 Å². The Morgan fingerprint density at radius 2 is 1.50 bits per heavy atom. The van der Waals surface area contributed by atoms with Crippen molar-refractivity contribution in [3.8, 4) is 0 Å². The molecule has 0 aliphatic carbocycles. The smallest absolute Gasteiger partial charge is 0.309 e. The number of unbranched alkanes of at least 4 members (excludes halogenated alkanes) is 4. The summed E-state index contributed by atoms with van der Waals surface area (Å²) in [5.41, 5.74) is -0.441. The molecule has 0 saturated carbocycles. The maximum Gasteiger partial charge on any atom is 0.309 e. The summed E-state index contributed by atoms with van der Waals surface area (Å²) >= 11 is 0. The van der Waals surface area contributed by atoms with Crippen LogP contribution in [0.3, 0.4) is 0 Å². The number of carboxylic acids is 1. The van der Waals surface area contributed by atoms with Gasteiger partial charge >= 0.3 is 5.97 Å². The van der Waals surface area contributed by atoms with E-state index < -0.39 is 11.4 Å². The monoisotopic (exact) mass is 228 g/mol. The Balaban J connectivity index is 4.22. The van der Waals surface area contributed by atoms with Crippen molar-refractivity contribution in [1.29, 1.82) is 0 Å². The lowest BCUT2D eigenvalue weighted by Crippen LogP contribution is -2.30. The van der Waals surface area contributed by atoms with Crippen LogP contribution in [0.25, 0.3) is 0 Å². The van der Waals surface area contributed by atoms with E-state index in [1.165, 1.54) is 19.3 Å². The fourth-order valence-corrected chi connectivity index (χ4v) is 2.25. The first-order chi connectivity index (χ1) is 7.63. The van der Waals surface area contributed by atoms with Gasteiger partial charge in [0.25, 0.3) is 0 Å². The third-order valence-corrected chi connectivity index (χ3v) is 3.65. The molecule has 1 N–H and O–H groups in total. The van der Waals surface area contributed by atoms with Gasteiger partial charge < -0.3 is 5.11 Å². The lowest BCUT2D eigenvalue weighted by molar-refractivity contribution is -0.150. The van der Waals surface area contributed by atoms with Crippen molar-refractivity contribution in [2.45, 2.75) is 78.6 Å². The summed E-state index contributed by atoms with van der Waals surface area (Å²) in [6, 6.07) is 0.